The van der Waals surface area contributed by atoms with Crippen molar-refractivity contribution < 1.29 is 65.9 Å². The maximum absolute atomic E-state index is 14.1. The largest absolute Gasteiger partial charge is 0.416 e. The number of hydrogen-bond donors (Lipinski definition) is 0. The predicted octanol–water partition coefficient (Wildman–Crippen LogP) is 19.4. The molecule has 0 fully saturated rings. The third-order valence-electron chi connectivity index (χ3n) is 13.9. The molecular weight excluding hydrogens is 1070 g/mol. The van der Waals surface area contributed by atoms with E-state index in [1.807, 2.05) is 6.07 Å². The van der Waals surface area contributed by atoms with Crippen molar-refractivity contribution in [2.45, 2.75) is 30.9 Å². The molecule has 0 spiro atoms. The van der Waals surface area contributed by atoms with Gasteiger partial charge in [-0.3, -0.25) is 0 Å². The van der Waals surface area contributed by atoms with Crippen LogP contribution in [0.3, 0.4) is 0 Å². The molecule has 0 N–H and O–H groups in total. The molecule has 4 nitrogen and oxygen atoms in total. The summed E-state index contributed by atoms with van der Waals surface area (Å²) < 4.78 is 215. The van der Waals surface area contributed by atoms with Gasteiger partial charge >= 0.3 is 30.9 Å². The van der Waals surface area contributed by atoms with Crippen LogP contribution >= 0.6 is 0 Å². The summed E-state index contributed by atoms with van der Waals surface area (Å²) in [4.78, 5) is 0. The molecule has 0 aliphatic heterocycles. The van der Waals surface area contributed by atoms with E-state index < -0.39 is 64.3 Å². The Morgan fingerprint density at radius 1 is 0.287 bits per heavy atom. The third kappa shape index (κ3) is 9.27. The summed E-state index contributed by atoms with van der Waals surface area (Å²) in [6, 6.07) is 40.4. The first-order valence-corrected chi connectivity index (χ1v) is 23.7. The molecular formula is C61H29F15N4. The minimum atomic E-state index is -5.15. The number of nitriles is 2. The van der Waals surface area contributed by atoms with Crippen LogP contribution in [0.2, 0.25) is 0 Å². The fraction of sp³-hybridized carbons (Fsp3) is 0.0820. The molecule has 0 unspecified atom stereocenters. The van der Waals surface area contributed by atoms with Crippen LogP contribution in [0.4, 0.5) is 65.9 Å². The number of rotatable bonds is 6. The molecule has 0 radical (unpaired) electrons. The van der Waals surface area contributed by atoms with E-state index in [1.54, 1.807) is 75.9 Å². The Morgan fingerprint density at radius 3 is 1.11 bits per heavy atom. The number of aromatic nitrogens is 2. The lowest BCUT2D eigenvalue weighted by Crippen LogP contribution is -2.11. The molecule has 2 heterocycles. The van der Waals surface area contributed by atoms with E-state index in [1.165, 1.54) is 54.6 Å². The summed E-state index contributed by atoms with van der Waals surface area (Å²) in [6.07, 6.45) is -25.4. The first-order valence-electron chi connectivity index (χ1n) is 23.7. The van der Waals surface area contributed by atoms with Crippen molar-refractivity contribution in [3.05, 3.63) is 215 Å². The molecule has 0 saturated heterocycles. The highest BCUT2D eigenvalue weighted by Gasteiger charge is 2.39. The number of nitrogens with zero attached hydrogens (tertiary/aromatic N) is 4. The molecule has 0 amide bonds. The minimum absolute atomic E-state index is 0.000233. The van der Waals surface area contributed by atoms with E-state index in [9.17, 15) is 76.4 Å². The molecule has 9 aromatic carbocycles. The van der Waals surface area contributed by atoms with Crippen LogP contribution in [0.5, 0.6) is 0 Å². The SMILES string of the molecule is N#Cc1ccc(-n2c3ccccc3c3cc(-c4cc(C(F)(F)F)cc(C(F)(F)F)c4)ccc32)c(-c2cc(-c3ccc(C(F)(F)F)cc3C#N)ccc2-n2c3ccccc3c3cc(-c4cc(C(F)(F)F)cc(C(F)(F)F)c4)ccc32)c1. The Labute approximate surface area is 441 Å². The van der Waals surface area contributed by atoms with Gasteiger partial charge in [-0.2, -0.15) is 76.4 Å². The van der Waals surface area contributed by atoms with Crippen LogP contribution < -0.4 is 0 Å². The summed E-state index contributed by atoms with van der Waals surface area (Å²) in [5, 5.41) is 22.4. The second kappa shape index (κ2) is 18.6. The molecule has 2 aromatic heterocycles. The number of fused-ring (bicyclic) bond motifs is 6. The zero-order valence-electron chi connectivity index (χ0n) is 40.2. The van der Waals surface area contributed by atoms with E-state index in [2.05, 4.69) is 6.07 Å². The van der Waals surface area contributed by atoms with Crippen LogP contribution in [-0.2, 0) is 30.9 Å². The number of alkyl halides is 15. The molecule has 0 aliphatic rings. The monoisotopic (exact) mass is 1100 g/mol. The quantitative estimate of drug-likeness (QED) is 0.156. The van der Waals surface area contributed by atoms with Gasteiger partial charge in [0.1, 0.15) is 0 Å². The summed E-state index contributed by atoms with van der Waals surface area (Å²) in [6.45, 7) is 0. The fourth-order valence-electron chi connectivity index (χ4n) is 10.3. The average molecular weight is 1100 g/mol. The van der Waals surface area contributed by atoms with E-state index in [0.717, 1.165) is 12.1 Å². The zero-order valence-corrected chi connectivity index (χ0v) is 40.2. The normalized spacial score (nSPS) is 12.7. The Bertz CT molecular complexity index is 4370. The van der Waals surface area contributed by atoms with Crippen LogP contribution in [0.25, 0.3) is 99.5 Å². The second-order valence-electron chi connectivity index (χ2n) is 18.7. The van der Waals surface area contributed by atoms with Crippen molar-refractivity contribution in [1.82, 2.24) is 9.13 Å². The molecule has 0 aliphatic carbocycles. The molecule has 80 heavy (non-hydrogen) atoms. The van der Waals surface area contributed by atoms with Gasteiger partial charge in [0.15, 0.2) is 0 Å². The van der Waals surface area contributed by atoms with Crippen LogP contribution in [0.1, 0.15) is 38.9 Å². The molecule has 0 bridgehead atoms. The smallest absolute Gasteiger partial charge is 0.309 e. The van der Waals surface area contributed by atoms with Gasteiger partial charge in [0.25, 0.3) is 0 Å². The average Bonchev–Trinajstić information content (AvgIpc) is 4.17. The molecule has 0 atom stereocenters. The number of benzene rings is 9. The third-order valence-corrected chi connectivity index (χ3v) is 13.9. The van der Waals surface area contributed by atoms with Gasteiger partial charge in [-0.25, -0.2) is 0 Å². The van der Waals surface area contributed by atoms with Crippen molar-refractivity contribution in [1.29, 1.82) is 10.5 Å². The van der Waals surface area contributed by atoms with Gasteiger partial charge in [-0.1, -0.05) is 60.7 Å². The highest BCUT2D eigenvalue weighted by atomic mass is 19.4. The zero-order chi connectivity index (χ0) is 57.0. The summed E-state index contributed by atoms with van der Waals surface area (Å²) in [5.41, 5.74) is -5.20. The first-order chi connectivity index (χ1) is 37.7. The van der Waals surface area contributed by atoms with E-state index >= 15 is 0 Å². The van der Waals surface area contributed by atoms with Gasteiger partial charge in [0.05, 0.1) is 84.5 Å². The van der Waals surface area contributed by atoms with Gasteiger partial charge in [0.2, 0.25) is 0 Å². The number of para-hydroxylation sites is 2. The standard InChI is InChI=1S/C61H29F15N4/c62-57(63,64)39-13-14-44(38(24-39)31-78)35-12-18-56(80-52-8-4-2-6-46(52)49-26-34(11-17-55(49)80)37-22-42(60(71,72)73)29-43(23-37)61(74,75)76)50(27-35)47-19-32(30-77)9-15-53(47)79-51-7-3-1-5-45(51)48-25-33(10-16-54(48)79)36-20-40(58(65,66)67)28-41(21-36)59(68,69)70/h1-29H. The van der Waals surface area contributed by atoms with Crippen LogP contribution in [0, 0.1) is 22.7 Å². The van der Waals surface area contributed by atoms with E-state index in [4.69, 9.17) is 0 Å². The molecule has 19 heteroatoms. The van der Waals surface area contributed by atoms with Gasteiger partial charge in [-0.05, 0) is 149 Å². The van der Waals surface area contributed by atoms with E-state index in [-0.39, 0.29) is 62.2 Å². The topological polar surface area (TPSA) is 57.4 Å². The fourth-order valence-corrected chi connectivity index (χ4v) is 10.3. The highest BCUT2D eigenvalue weighted by molar-refractivity contribution is 6.13. The number of halogens is 15. The van der Waals surface area contributed by atoms with Crippen molar-refractivity contribution >= 4 is 43.6 Å². The Morgan fingerprint density at radius 2 is 0.688 bits per heavy atom. The lowest BCUT2D eigenvalue weighted by atomic mass is 9.92. The lowest BCUT2D eigenvalue weighted by Gasteiger charge is -2.20. The molecule has 0 saturated carbocycles. The first kappa shape index (κ1) is 52.6. The lowest BCUT2D eigenvalue weighted by molar-refractivity contribution is -0.144. The Balaban J connectivity index is 1.19. The van der Waals surface area contributed by atoms with Gasteiger partial charge < -0.3 is 9.13 Å². The Hall–Kier alpha value is -9.49. The molecule has 11 aromatic rings. The predicted molar refractivity (Wildman–Crippen MR) is 271 cm³/mol. The van der Waals surface area contributed by atoms with Gasteiger partial charge in [0, 0.05) is 32.7 Å². The molecule has 398 valence electrons. The maximum atomic E-state index is 14.1. The summed E-state index contributed by atoms with van der Waals surface area (Å²) in [7, 11) is 0. The van der Waals surface area contributed by atoms with E-state index in [0.29, 0.717) is 85.3 Å². The van der Waals surface area contributed by atoms with Crippen molar-refractivity contribution in [3.8, 4) is 68.0 Å². The number of hydrogen-bond acceptors (Lipinski definition) is 2. The Kier molecular flexibility index (Phi) is 12.2. The second-order valence-corrected chi connectivity index (χ2v) is 18.7. The van der Waals surface area contributed by atoms with Crippen LogP contribution in [-0.4, -0.2) is 9.13 Å². The van der Waals surface area contributed by atoms with Crippen molar-refractivity contribution in [2.24, 2.45) is 0 Å². The van der Waals surface area contributed by atoms with Gasteiger partial charge in [-0.15, -0.1) is 0 Å². The maximum Gasteiger partial charge on any atom is 0.416 e. The minimum Gasteiger partial charge on any atom is -0.309 e. The summed E-state index contributed by atoms with van der Waals surface area (Å²) in [5.74, 6) is 0. The van der Waals surface area contributed by atoms with Crippen molar-refractivity contribution in [2.75, 3.05) is 0 Å². The van der Waals surface area contributed by atoms with Crippen molar-refractivity contribution in [3.63, 3.8) is 0 Å². The molecule has 11 rings (SSSR count). The summed E-state index contributed by atoms with van der Waals surface area (Å²) >= 11 is 0. The highest BCUT2D eigenvalue weighted by Crippen LogP contribution is 2.47. The van der Waals surface area contributed by atoms with Crippen LogP contribution in [0.15, 0.2) is 176 Å².